The van der Waals surface area contributed by atoms with Gasteiger partial charge in [-0.25, -0.2) is 0 Å². The van der Waals surface area contributed by atoms with E-state index in [1.165, 1.54) is 0 Å². The maximum absolute atomic E-state index is 10.9. The molecule has 0 aliphatic heterocycles. The summed E-state index contributed by atoms with van der Waals surface area (Å²) in [6, 6.07) is 0. The molecule has 0 fully saturated rings. The topological polar surface area (TPSA) is 35.1 Å². The van der Waals surface area contributed by atoms with E-state index in [-0.39, 0.29) is 5.25 Å². The zero-order chi connectivity index (χ0) is 7.28. The molecule has 0 aliphatic carbocycles. The van der Waals surface area contributed by atoms with Crippen LogP contribution in [0, 0.1) is 0 Å². The van der Waals surface area contributed by atoms with E-state index >= 15 is 0 Å². The molecule has 0 aliphatic rings. The van der Waals surface area contributed by atoms with E-state index in [1.54, 1.807) is 6.08 Å². The summed E-state index contributed by atoms with van der Waals surface area (Å²) in [5.74, 6) is 0. The lowest BCUT2D eigenvalue weighted by Gasteiger charge is -2.12. The van der Waals surface area contributed by atoms with Crippen molar-refractivity contribution in [2.24, 2.45) is 0 Å². The average Bonchev–Trinajstić information content (AvgIpc) is 1.82. The summed E-state index contributed by atoms with van der Waals surface area (Å²) in [5.41, 5.74) is 0. The summed E-state index contributed by atoms with van der Waals surface area (Å²) in [6.07, 6.45) is 1.69. The molecule has 0 aromatic rings. The van der Waals surface area contributed by atoms with Crippen LogP contribution < -0.4 is 4.72 Å². The first-order valence-corrected chi connectivity index (χ1v) is 4.14. The minimum atomic E-state index is -0.893. The lowest BCUT2D eigenvalue weighted by Crippen LogP contribution is -2.30. The van der Waals surface area contributed by atoms with Crippen LogP contribution in [0.15, 0.2) is 12.7 Å². The maximum atomic E-state index is 10.9. The van der Waals surface area contributed by atoms with Crippen LogP contribution in [0.1, 0.15) is 13.8 Å². The van der Waals surface area contributed by atoms with Crippen LogP contribution in [0.5, 0.6) is 0 Å². The molecular weight excluding hydrogens is 134 g/mol. The summed E-state index contributed by atoms with van der Waals surface area (Å²) in [6.45, 7) is 7.93. The molecule has 0 saturated carbocycles. The van der Waals surface area contributed by atoms with E-state index < -0.39 is 11.4 Å². The van der Waals surface area contributed by atoms with Gasteiger partial charge >= 0.3 is 0 Å². The molecular formula is C6H13NOS. The van der Waals surface area contributed by atoms with Crippen molar-refractivity contribution in [3.05, 3.63) is 12.7 Å². The Morgan fingerprint density at radius 2 is 2.33 bits per heavy atom. The molecule has 0 saturated heterocycles. The van der Waals surface area contributed by atoms with Crippen LogP contribution in [0.25, 0.3) is 0 Å². The van der Waals surface area contributed by atoms with Crippen molar-refractivity contribution in [3.63, 3.8) is 0 Å². The second kappa shape index (κ2) is 4.85. The third-order valence-corrected chi connectivity index (χ3v) is 2.11. The van der Waals surface area contributed by atoms with E-state index in [4.69, 9.17) is 0 Å². The minimum Gasteiger partial charge on any atom is -0.598 e. The first-order chi connectivity index (χ1) is 4.18. The molecule has 0 heterocycles. The Labute approximate surface area is 59.7 Å². The highest BCUT2D eigenvalue weighted by Gasteiger charge is 2.08. The fourth-order valence-corrected chi connectivity index (χ4v) is 0.923. The Bertz CT molecular complexity index is 85.1. The van der Waals surface area contributed by atoms with Gasteiger partial charge in [-0.1, -0.05) is 6.08 Å². The highest BCUT2D eigenvalue weighted by molar-refractivity contribution is 7.90. The van der Waals surface area contributed by atoms with Gasteiger partial charge in [-0.2, -0.15) is 0 Å². The third kappa shape index (κ3) is 4.51. The van der Waals surface area contributed by atoms with Crippen LogP contribution in [-0.2, 0) is 11.4 Å². The third-order valence-electron chi connectivity index (χ3n) is 0.798. The Morgan fingerprint density at radius 3 is 2.67 bits per heavy atom. The van der Waals surface area contributed by atoms with Crippen molar-refractivity contribution in [2.45, 2.75) is 19.1 Å². The van der Waals surface area contributed by atoms with Gasteiger partial charge < -0.3 is 4.55 Å². The van der Waals surface area contributed by atoms with Crippen LogP contribution in [-0.4, -0.2) is 16.3 Å². The summed E-state index contributed by atoms with van der Waals surface area (Å²) in [4.78, 5) is 0. The van der Waals surface area contributed by atoms with Gasteiger partial charge in [-0.15, -0.1) is 11.3 Å². The fraction of sp³-hybridized carbons (Fsp3) is 0.667. The predicted molar refractivity (Wildman–Crippen MR) is 41.5 cm³/mol. The second-order valence-corrected chi connectivity index (χ2v) is 3.81. The van der Waals surface area contributed by atoms with Crippen molar-refractivity contribution >= 4 is 11.4 Å². The molecule has 0 rings (SSSR count). The molecule has 9 heavy (non-hydrogen) atoms. The smallest absolute Gasteiger partial charge is 0.129 e. The number of hydrogen-bond acceptors (Lipinski definition) is 2. The number of nitrogens with one attached hydrogen (secondary N) is 1. The van der Waals surface area contributed by atoms with E-state index in [9.17, 15) is 4.55 Å². The molecule has 0 amide bonds. The largest absolute Gasteiger partial charge is 0.598 e. The monoisotopic (exact) mass is 147 g/mol. The summed E-state index contributed by atoms with van der Waals surface area (Å²) in [7, 11) is 0. The van der Waals surface area contributed by atoms with Crippen molar-refractivity contribution in [1.82, 2.24) is 4.72 Å². The molecule has 54 valence electrons. The Morgan fingerprint density at radius 1 is 1.78 bits per heavy atom. The Balaban J connectivity index is 3.26. The zero-order valence-electron chi connectivity index (χ0n) is 5.89. The van der Waals surface area contributed by atoms with E-state index in [1.807, 2.05) is 13.8 Å². The van der Waals surface area contributed by atoms with Crippen LogP contribution in [0.3, 0.4) is 0 Å². The predicted octanol–water partition coefficient (Wildman–Crippen LogP) is 0.834. The molecule has 0 aromatic carbocycles. The van der Waals surface area contributed by atoms with Gasteiger partial charge in [-0.3, -0.25) is 0 Å². The van der Waals surface area contributed by atoms with Gasteiger partial charge in [0.1, 0.15) is 5.25 Å². The molecule has 2 nitrogen and oxygen atoms in total. The van der Waals surface area contributed by atoms with Crippen LogP contribution >= 0.6 is 0 Å². The quantitative estimate of drug-likeness (QED) is 0.472. The summed E-state index contributed by atoms with van der Waals surface area (Å²) in [5, 5.41) is 0.185. The molecule has 0 aromatic heterocycles. The normalized spacial score (nSPS) is 13.8. The van der Waals surface area contributed by atoms with Crippen LogP contribution in [0.2, 0.25) is 0 Å². The lowest BCUT2D eigenvalue weighted by atomic mass is 10.6. The number of rotatable bonds is 4. The molecule has 0 bridgehead atoms. The van der Waals surface area contributed by atoms with Crippen molar-refractivity contribution < 1.29 is 4.55 Å². The fourth-order valence-electron chi connectivity index (χ4n) is 0.308. The highest BCUT2D eigenvalue weighted by Crippen LogP contribution is 1.94. The van der Waals surface area contributed by atoms with Gasteiger partial charge in [0.2, 0.25) is 0 Å². The molecule has 0 radical (unpaired) electrons. The van der Waals surface area contributed by atoms with Gasteiger partial charge in [0.25, 0.3) is 0 Å². The van der Waals surface area contributed by atoms with Crippen molar-refractivity contribution in [3.8, 4) is 0 Å². The molecule has 0 spiro atoms. The first-order valence-electron chi connectivity index (χ1n) is 2.93. The molecule has 1 N–H and O–H groups in total. The summed E-state index contributed by atoms with van der Waals surface area (Å²) < 4.78 is 13.6. The van der Waals surface area contributed by atoms with E-state index in [0.717, 1.165) is 0 Å². The number of hydrogen-bond donors (Lipinski definition) is 1. The molecule has 1 atom stereocenters. The average molecular weight is 147 g/mol. The van der Waals surface area contributed by atoms with Gasteiger partial charge in [0.05, 0.1) is 6.54 Å². The van der Waals surface area contributed by atoms with E-state index in [0.29, 0.717) is 6.54 Å². The second-order valence-electron chi connectivity index (χ2n) is 1.98. The summed E-state index contributed by atoms with van der Waals surface area (Å²) >= 11 is -0.893. The standard InChI is InChI=1S/C6H13NOS/c1-4-5-7-9(8)6(2)3/h4,6-7H,1,5H2,2-3H3/t9-/m0/s1. The minimum absolute atomic E-state index is 0.185. The first kappa shape index (κ1) is 9.01. The van der Waals surface area contributed by atoms with Crippen molar-refractivity contribution in [1.29, 1.82) is 0 Å². The van der Waals surface area contributed by atoms with Gasteiger partial charge in [-0.05, 0) is 13.8 Å². The Kier molecular flexibility index (Phi) is 4.85. The van der Waals surface area contributed by atoms with Crippen LogP contribution in [0.4, 0.5) is 0 Å². The maximum Gasteiger partial charge on any atom is 0.129 e. The zero-order valence-corrected chi connectivity index (χ0v) is 6.70. The molecule has 3 heteroatoms. The lowest BCUT2D eigenvalue weighted by molar-refractivity contribution is 0.575. The van der Waals surface area contributed by atoms with Crippen molar-refractivity contribution in [2.75, 3.05) is 6.54 Å². The van der Waals surface area contributed by atoms with Gasteiger partial charge in [0, 0.05) is 11.4 Å². The Hall–Kier alpha value is 0.01000. The highest BCUT2D eigenvalue weighted by atomic mass is 32.2. The molecule has 0 unspecified atom stereocenters. The van der Waals surface area contributed by atoms with Gasteiger partial charge in [0.15, 0.2) is 0 Å². The van der Waals surface area contributed by atoms with E-state index in [2.05, 4.69) is 11.3 Å². The SMILES string of the molecule is C=CCN[S@@+]([O-])C(C)C.